The zero-order valence-electron chi connectivity index (χ0n) is 14.5. The molecule has 25 heavy (non-hydrogen) atoms. The molecule has 7 heteroatoms. The molecule has 1 amide bonds. The van der Waals surface area contributed by atoms with Crippen LogP contribution in [0.15, 0.2) is 42.5 Å². The molecule has 0 radical (unpaired) electrons. The van der Waals surface area contributed by atoms with Gasteiger partial charge in [-0.1, -0.05) is 18.2 Å². The molecule has 0 aromatic heterocycles. The molecule has 0 heterocycles. The Kier molecular flexibility index (Phi) is 7.78. The topological polar surface area (TPSA) is 94.1 Å². The molecule has 0 aliphatic rings. The summed E-state index contributed by atoms with van der Waals surface area (Å²) in [5.74, 6) is 0.449. The van der Waals surface area contributed by atoms with Crippen molar-refractivity contribution in [2.75, 3.05) is 26.6 Å². The number of carboxylic acid groups (broad SMARTS) is 1. The van der Waals surface area contributed by atoms with Crippen molar-refractivity contribution in [1.82, 2.24) is 0 Å². The summed E-state index contributed by atoms with van der Waals surface area (Å²) in [6, 6.07) is 12.3. The Balaban J connectivity index is 0.000000705. The quantitative estimate of drug-likeness (QED) is 0.863. The maximum atomic E-state index is 12.3. The summed E-state index contributed by atoms with van der Waals surface area (Å²) in [4.78, 5) is 21.3. The number of anilines is 1. The van der Waals surface area contributed by atoms with Crippen LogP contribution in [0.3, 0.4) is 0 Å². The van der Waals surface area contributed by atoms with E-state index in [-0.39, 0.29) is 5.91 Å². The van der Waals surface area contributed by atoms with Crippen LogP contribution in [0.1, 0.15) is 17.3 Å². The van der Waals surface area contributed by atoms with E-state index in [1.165, 1.54) is 14.2 Å². The minimum absolute atomic E-state index is 0.239. The maximum Gasteiger partial charge on any atom is 0.300 e. The molecule has 134 valence electrons. The Bertz CT molecular complexity index is 686. The van der Waals surface area contributed by atoms with E-state index in [0.29, 0.717) is 28.5 Å². The highest BCUT2D eigenvalue weighted by molar-refractivity contribution is 6.06. The lowest BCUT2D eigenvalue weighted by Gasteiger charge is -2.15. The van der Waals surface area contributed by atoms with E-state index in [9.17, 15) is 4.79 Å². The third kappa shape index (κ3) is 6.06. The third-order valence-corrected chi connectivity index (χ3v) is 2.99. The van der Waals surface area contributed by atoms with Crippen LogP contribution in [0.2, 0.25) is 0 Å². The van der Waals surface area contributed by atoms with Gasteiger partial charge in [-0.15, -0.1) is 0 Å². The number of carbonyl (C=O) groups excluding carboxylic acids is 1. The number of methoxy groups -OCH3 is 3. The molecule has 0 fully saturated rings. The normalized spacial score (nSPS) is 9.28. The largest absolute Gasteiger partial charge is 0.496 e. The fraction of sp³-hybridized carbons (Fsp3) is 0.222. The van der Waals surface area contributed by atoms with Crippen LogP contribution in [-0.2, 0) is 4.79 Å². The molecule has 0 bridgehead atoms. The number of hydrogen-bond donors (Lipinski definition) is 2. The van der Waals surface area contributed by atoms with Gasteiger partial charge in [0.15, 0.2) is 0 Å². The summed E-state index contributed by atoms with van der Waals surface area (Å²) in [7, 11) is 4.59. The van der Waals surface area contributed by atoms with Crippen LogP contribution in [-0.4, -0.2) is 38.3 Å². The zero-order chi connectivity index (χ0) is 18.8. The molecule has 7 nitrogen and oxygen atoms in total. The van der Waals surface area contributed by atoms with Crippen LogP contribution in [0.5, 0.6) is 17.2 Å². The number of rotatable bonds is 5. The lowest BCUT2D eigenvalue weighted by molar-refractivity contribution is -0.134. The van der Waals surface area contributed by atoms with Crippen molar-refractivity contribution in [2.24, 2.45) is 0 Å². The van der Waals surface area contributed by atoms with Crippen molar-refractivity contribution in [1.29, 1.82) is 0 Å². The second kappa shape index (κ2) is 9.82. The van der Waals surface area contributed by atoms with Crippen LogP contribution >= 0.6 is 0 Å². The van der Waals surface area contributed by atoms with Crippen LogP contribution in [0.25, 0.3) is 0 Å². The number of aliphatic carboxylic acids is 1. The first-order valence-corrected chi connectivity index (χ1v) is 7.28. The van der Waals surface area contributed by atoms with Crippen molar-refractivity contribution in [2.45, 2.75) is 6.92 Å². The second-order valence-corrected chi connectivity index (χ2v) is 4.75. The molecule has 0 saturated carbocycles. The Morgan fingerprint density at radius 2 is 1.40 bits per heavy atom. The van der Waals surface area contributed by atoms with Crippen molar-refractivity contribution >= 4 is 17.6 Å². The second-order valence-electron chi connectivity index (χ2n) is 4.75. The van der Waals surface area contributed by atoms with Gasteiger partial charge in [0, 0.05) is 24.6 Å². The maximum absolute atomic E-state index is 12.3. The monoisotopic (exact) mass is 347 g/mol. The fourth-order valence-electron chi connectivity index (χ4n) is 1.90. The van der Waals surface area contributed by atoms with Gasteiger partial charge in [-0.3, -0.25) is 9.59 Å². The molecule has 0 unspecified atom stereocenters. The highest BCUT2D eigenvalue weighted by Crippen LogP contribution is 2.39. The predicted octanol–water partition coefficient (Wildman–Crippen LogP) is 3.06. The standard InChI is InChI=1S/C16H17NO4.C2H4O2/c1-19-12-9-13(20-2)15(14(10-12)21-3)17-16(18)11-7-5-4-6-8-11;1-2(3)4/h4-10H,1-3H3,(H,17,18);1H3,(H,3,4). The molecule has 2 aromatic carbocycles. The Morgan fingerprint density at radius 3 is 1.80 bits per heavy atom. The molecule has 0 atom stereocenters. The number of carbonyl (C=O) groups is 2. The highest BCUT2D eigenvalue weighted by Gasteiger charge is 2.16. The van der Waals surface area contributed by atoms with E-state index in [0.717, 1.165) is 6.92 Å². The Morgan fingerprint density at radius 1 is 0.920 bits per heavy atom. The van der Waals surface area contributed by atoms with Crippen LogP contribution < -0.4 is 19.5 Å². The van der Waals surface area contributed by atoms with Gasteiger partial charge in [0.1, 0.15) is 22.9 Å². The van der Waals surface area contributed by atoms with Crippen molar-refractivity contribution in [3.63, 3.8) is 0 Å². The Labute approximate surface area is 146 Å². The first-order chi connectivity index (χ1) is 11.9. The summed E-state index contributed by atoms with van der Waals surface area (Å²) in [6.07, 6.45) is 0. The van der Waals surface area contributed by atoms with Gasteiger partial charge in [0.25, 0.3) is 11.9 Å². The minimum Gasteiger partial charge on any atom is -0.496 e. The molecule has 0 aliphatic heterocycles. The lowest BCUT2D eigenvalue weighted by atomic mass is 10.2. The lowest BCUT2D eigenvalue weighted by Crippen LogP contribution is -2.13. The summed E-state index contributed by atoms with van der Waals surface area (Å²) >= 11 is 0. The zero-order valence-corrected chi connectivity index (χ0v) is 14.5. The average Bonchev–Trinajstić information content (AvgIpc) is 2.61. The minimum atomic E-state index is -0.833. The number of benzene rings is 2. The molecule has 2 N–H and O–H groups in total. The number of ether oxygens (including phenoxy) is 3. The van der Waals surface area contributed by atoms with Crippen LogP contribution in [0.4, 0.5) is 5.69 Å². The summed E-state index contributed by atoms with van der Waals surface area (Å²) in [5.41, 5.74) is 1.02. The molecule has 2 aromatic rings. The van der Waals surface area contributed by atoms with Crippen molar-refractivity contribution < 1.29 is 28.9 Å². The number of carboxylic acids is 1. The summed E-state index contributed by atoms with van der Waals surface area (Å²) in [5, 5.41) is 10.2. The van der Waals surface area contributed by atoms with Gasteiger partial charge >= 0.3 is 0 Å². The smallest absolute Gasteiger partial charge is 0.300 e. The molecule has 0 spiro atoms. The number of amides is 1. The van der Waals surface area contributed by atoms with E-state index in [1.807, 2.05) is 6.07 Å². The molecular weight excluding hydrogens is 326 g/mol. The molecule has 0 saturated heterocycles. The third-order valence-electron chi connectivity index (χ3n) is 2.99. The predicted molar refractivity (Wildman–Crippen MR) is 93.8 cm³/mol. The molecule has 2 rings (SSSR count). The summed E-state index contributed by atoms with van der Waals surface area (Å²) in [6.45, 7) is 1.08. The van der Waals surface area contributed by atoms with E-state index in [2.05, 4.69) is 5.32 Å². The fourth-order valence-corrected chi connectivity index (χ4v) is 1.90. The van der Waals surface area contributed by atoms with E-state index in [1.54, 1.807) is 43.5 Å². The van der Waals surface area contributed by atoms with Crippen LogP contribution in [0, 0.1) is 0 Å². The van der Waals surface area contributed by atoms with Gasteiger partial charge in [0.05, 0.1) is 21.3 Å². The van der Waals surface area contributed by atoms with E-state index in [4.69, 9.17) is 24.1 Å². The first-order valence-electron chi connectivity index (χ1n) is 7.28. The van der Waals surface area contributed by atoms with E-state index < -0.39 is 5.97 Å². The number of nitrogens with one attached hydrogen (secondary N) is 1. The van der Waals surface area contributed by atoms with Gasteiger partial charge < -0.3 is 24.6 Å². The van der Waals surface area contributed by atoms with E-state index >= 15 is 0 Å². The highest BCUT2D eigenvalue weighted by atomic mass is 16.5. The van der Waals surface area contributed by atoms with Gasteiger partial charge in [-0.05, 0) is 12.1 Å². The first kappa shape index (κ1) is 19.8. The SMILES string of the molecule is CC(=O)O.COc1cc(OC)c(NC(=O)c2ccccc2)c(OC)c1. The van der Waals surface area contributed by atoms with Gasteiger partial charge in [0.2, 0.25) is 0 Å². The summed E-state index contributed by atoms with van der Waals surface area (Å²) < 4.78 is 15.8. The van der Waals surface area contributed by atoms with Gasteiger partial charge in [-0.2, -0.15) is 0 Å². The Hall–Kier alpha value is -3.22. The molecular formula is C18H21NO6. The average molecular weight is 347 g/mol. The van der Waals surface area contributed by atoms with Gasteiger partial charge in [-0.25, -0.2) is 0 Å². The van der Waals surface area contributed by atoms with Crippen molar-refractivity contribution in [3.8, 4) is 17.2 Å². The number of hydrogen-bond acceptors (Lipinski definition) is 5. The molecule has 0 aliphatic carbocycles. The van der Waals surface area contributed by atoms with Crippen molar-refractivity contribution in [3.05, 3.63) is 48.0 Å².